The van der Waals surface area contributed by atoms with Crippen molar-refractivity contribution in [2.24, 2.45) is 11.8 Å². The molecule has 2 aromatic rings. The number of carbonyl (C=O) groups excluding carboxylic acids is 2. The maximum Gasteiger partial charge on any atom is 0.265 e. The van der Waals surface area contributed by atoms with Crippen LogP contribution in [0.1, 0.15) is 60.0 Å². The number of nitrogens with zero attached hydrogens (tertiary/aromatic N) is 3. The average Bonchev–Trinajstić information content (AvgIpc) is 3.20. The van der Waals surface area contributed by atoms with Crippen LogP contribution in [0.15, 0.2) is 24.3 Å². The van der Waals surface area contributed by atoms with Gasteiger partial charge < -0.3 is 9.80 Å². The Labute approximate surface area is 189 Å². The monoisotopic (exact) mass is 439 g/mol. The third-order valence-electron chi connectivity index (χ3n) is 6.88. The van der Waals surface area contributed by atoms with Crippen LogP contribution in [0.4, 0.5) is 0 Å². The van der Waals surface area contributed by atoms with E-state index in [9.17, 15) is 9.59 Å². The second-order valence-corrected chi connectivity index (χ2v) is 10.1. The Hall–Kier alpha value is -2.21. The van der Waals surface area contributed by atoms with Crippen molar-refractivity contribution in [3.8, 4) is 10.6 Å². The molecule has 0 spiro atoms. The Bertz CT molecular complexity index is 923. The zero-order valence-corrected chi connectivity index (χ0v) is 19.7. The molecule has 2 aliphatic heterocycles. The van der Waals surface area contributed by atoms with Crippen LogP contribution in [0.5, 0.6) is 0 Å². The lowest BCUT2D eigenvalue weighted by molar-refractivity contribution is -0.138. The van der Waals surface area contributed by atoms with Gasteiger partial charge in [0.1, 0.15) is 9.88 Å². The van der Waals surface area contributed by atoms with E-state index in [1.54, 1.807) is 0 Å². The van der Waals surface area contributed by atoms with Crippen LogP contribution in [0.3, 0.4) is 0 Å². The quantitative estimate of drug-likeness (QED) is 0.679. The summed E-state index contributed by atoms with van der Waals surface area (Å²) >= 11 is 1.49. The SMILES string of the molecule is Cc1ccc(-c2nc(C)c(C(=O)N3CCC([C@H](C)C(=O)N4CCCCC4)CC3)s2)cc1. The largest absolute Gasteiger partial charge is 0.342 e. The number of hydrogen-bond donors (Lipinski definition) is 0. The lowest BCUT2D eigenvalue weighted by Gasteiger charge is -2.37. The molecular formula is C25H33N3O2S. The fourth-order valence-electron chi connectivity index (χ4n) is 4.76. The molecule has 4 rings (SSSR count). The van der Waals surface area contributed by atoms with Gasteiger partial charge in [-0.25, -0.2) is 4.98 Å². The summed E-state index contributed by atoms with van der Waals surface area (Å²) in [5, 5.41) is 0.900. The first-order valence-corrected chi connectivity index (χ1v) is 12.4. The van der Waals surface area contributed by atoms with Crippen LogP contribution in [0, 0.1) is 25.7 Å². The van der Waals surface area contributed by atoms with Crippen molar-refractivity contribution >= 4 is 23.2 Å². The minimum Gasteiger partial charge on any atom is -0.342 e. The normalized spacial score (nSPS) is 18.8. The first-order valence-electron chi connectivity index (χ1n) is 11.6. The van der Waals surface area contributed by atoms with E-state index >= 15 is 0 Å². The topological polar surface area (TPSA) is 53.5 Å². The number of thiazole rings is 1. The molecule has 0 unspecified atom stereocenters. The molecule has 0 aliphatic carbocycles. The number of likely N-dealkylation sites (tertiary alicyclic amines) is 2. The summed E-state index contributed by atoms with van der Waals surface area (Å²) in [5.41, 5.74) is 3.08. The van der Waals surface area contributed by atoms with Crippen molar-refractivity contribution in [3.63, 3.8) is 0 Å². The molecule has 0 radical (unpaired) electrons. The highest BCUT2D eigenvalue weighted by Gasteiger charge is 2.33. The van der Waals surface area contributed by atoms with Gasteiger partial charge in [-0.05, 0) is 51.9 Å². The number of amides is 2. The molecule has 0 saturated carbocycles. The molecular weight excluding hydrogens is 406 g/mol. The van der Waals surface area contributed by atoms with Gasteiger partial charge in [0.05, 0.1) is 5.69 Å². The summed E-state index contributed by atoms with van der Waals surface area (Å²) in [6, 6.07) is 8.28. The molecule has 0 N–H and O–H groups in total. The van der Waals surface area contributed by atoms with Crippen molar-refractivity contribution in [1.82, 2.24) is 14.8 Å². The highest BCUT2D eigenvalue weighted by atomic mass is 32.1. The van der Waals surface area contributed by atoms with E-state index in [-0.39, 0.29) is 11.8 Å². The fourth-order valence-corrected chi connectivity index (χ4v) is 5.80. The Morgan fingerprint density at radius 3 is 2.26 bits per heavy atom. The average molecular weight is 440 g/mol. The molecule has 2 aliphatic rings. The highest BCUT2D eigenvalue weighted by molar-refractivity contribution is 7.17. The first kappa shape index (κ1) is 22.0. The minimum atomic E-state index is 0.0497. The zero-order chi connectivity index (χ0) is 22.0. The third kappa shape index (κ3) is 4.84. The maximum atomic E-state index is 13.2. The van der Waals surface area contributed by atoms with E-state index in [2.05, 4.69) is 48.0 Å². The lowest BCUT2D eigenvalue weighted by Crippen LogP contribution is -2.45. The van der Waals surface area contributed by atoms with E-state index in [4.69, 9.17) is 0 Å². The van der Waals surface area contributed by atoms with Gasteiger partial charge in [0.2, 0.25) is 5.91 Å². The molecule has 2 amide bonds. The summed E-state index contributed by atoms with van der Waals surface area (Å²) < 4.78 is 0. The minimum absolute atomic E-state index is 0.0497. The number of aromatic nitrogens is 1. The molecule has 166 valence electrons. The van der Waals surface area contributed by atoms with Crippen LogP contribution in [0.25, 0.3) is 10.6 Å². The summed E-state index contributed by atoms with van der Waals surface area (Å²) in [4.78, 5) is 35.5. The Morgan fingerprint density at radius 1 is 0.968 bits per heavy atom. The van der Waals surface area contributed by atoms with E-state index in [1.165, 1.54) is 23.3 Å². The van der Waals surface area contributed by atoms with Gasteiger partial charge in [-0.3, -0.25) is 9.59 Å². The van der Waals surface area contributed by atoms with Crippen molar-refractivity contribution in [2.75, 3.05) is 26.2 Å². The molecule has 1 aromatic carbocycles. The highest BCUT2D eigenvalue weighted by Crippen LogP contribution is 2.32. The van der Waals surface area contributed by atoms with E-state index in [0.717, 1.165) is 73.0 Å². The molecule has 6 heteroatoms. The van der Waals surface area contributed by atoms with Crippen molar-refractivity contribution in [1.29, 1.82) is 0 Å². The number of piperidine rings is 2. The van der Waals surface area contributed by atoms with Crippen LogP contribution < -0.4 is 0 Å². The number of carbonyl (C=O) groups is 2. The van der Waals surface area contributed by atoms with E-state index < -0.39 is 0 Å². The van der Waals surface area contributed by atoms with Gasteiger partial charge in [-0.15, -0.1) is 11.3 Å². The van der Waals surface area contributed by atoms with Gasteiger partial charge in [-0.2, -0.15) is 0 Å². The molecule has 1 aromatic heterocycles. The first-order chi connectivity index (χ1) is 14.9. The van der Waals surface area contributed by atoms with Crippen LogP contribution >= 0.6 is 11.3 Å². The van der Waals surface area contributed by atoms with Crippen molar-refractivity contribution in [2.45, 2.75) is 52.9 Å². The number of rotatable bonds is 4. The maximum absolute atomic E-state index is 13.2. The molecule has 5 nitrogen and oxygen atoms in total. The molecule has 2 fully saturated rings. The van der Waals surface area contributed by atoms with Crippen molar-refractivity contribution in [3.05, 3.63) is 40.4 Å². The van der Waals surface area contributed by atoms with Gasteiger partial charge >= 0.3 is 0 Å². The van der Waals surface area contributed by atoms with Crippen molar-refractivity contribution < 1.29 is 9.59 Å². The predicted molar refractivity (Wildman–Crippen MR) is 125 cm³/mol. The summed E-state index contributed by atoms with van der Waals surface area (Å²) in [5.74, 6) is 0.810. The molecule has 31 heavy (non-hydrogen) atoms. The van der Waals surface area contributed by atoms with E-state index in [0.29, 0.717) is 11.8 Å². The fraction of sp³-hybridized carbons (Fsp3) is 0.560. The number of aryl methyl sites for hydroxylation is 2. The molecule has 2 saturated heterocycles. The Morgan fingerprint density at radius 2 is 1.61 bits per heavy atom. The van der Waals surface area contributed by atoms with Gasteiger partial charge in [0.25, 0.3) is 5.91 Å². The lowest BCUT2D eigenvalue weighted by atomic mass is 9.84. The van der Waals surface area contributed by atoms with Gasteiger partial charge in [0.15, 0.2) is 0 Å². The number of benzene rings is 1. The van der Waals surface area contributed by atoms with E-state index in [1.807, 2.05) is 11.8 Å². The molecule has 1 atom stereocenters. The summed E-state index contributed by atoms with van der Waals surface area (Å²) in [6.45, 7) is 9.34. The van der Waals surface area contributed by atoms with Gasteiger partial charge in [0, 0.05) is 37.7 Å². The smallest absolute Gasteiger partial charge is 0.265 e. The van der Waals surface area contributed by atoms with Crippen LogP contribution in [0.2, 0.25) is 0 Å². The molecule has 3 heterocycles. The predicted octanol–water partition coefficient (Wildman–Crippen LogP) is 4.93. The van der Waals surface area contributed by atoms with Gasteiger partial charge in [-0.1, -0.05) is 36.8 Å². The summed E-state index contributed by atoms with van der Waals surface area (Å²) in [6.07, 6.45) is 5.29. The third-order valence-corrected chi connectivity index (χ3v) is 8.08. The molecule has 0 bridgehead atoms. The zero-order valence-electron chi connectivity index (χ0n) is 18.9. The Kier molecular flexibility index (Phi) is 6.75. The second-order valence-electron chi connectivity index (χ2n) is 9.10. The van der Waals surface area contributed by atoms with Crippen LogP contribution in [-0.4, -0.2) is 52.8 Å². The van der Waals surface area contributed by atoms with Crippen LogP contribution in [-0.2, 0) is 4.79 Å². The second kappa shape index (κ2) is 9.51. The standard InChI is InChI=1S/C25H33N3O2S/c1-17-7-9-21(10-8-17)23-26-19(3)22(31-23)25(30)28-15-11-20(12-16-28)18(2)24(29)27-13-5-4-6-14-27/h7-10,18,20H,4-6,11-16H2,1-3H3/t18-/m0/s1. The summed E-state index contributed by atoms with van der Waals surface area (Å²) in [7, 11) is 0. The Balaban J connectivity index is 1.37. The number of hydrogen-bond acceptors (Lipinski definition) is 4.